The second-order valence-electron chi connectivity index (χ2n) is 5.41. The van der Waals surface area contributed by atoms with Crippen molar-refractivity contribution in [2.24, 2.45) is 5.92 Å². The van der Waals surface area contributed by atoms with E-state index in [0.29, 0.717) is 24.9 Å². The van der Waals surface area contributed by atoms with E-state index in [1.165, 1.54) is 0 Å². The Bertz CT molecular complexity index is 409. The van der Waals surface area contributed by atoms with Crippen LogP contribution < -0.4 is 10.6 Å². The number of hydrogen-bond acceptors (Lipinski definition) is 4. The van der Waals surface area contributed by atoms with Gasteiger partial charge in [-0.15, -0.1) is 10.2 Å². The third-order valence-corrected chi connectivity index (χ3v) is 3.51. The molecule has 1 aliphatic rings. The van der Waals surface area contributed by atoms with Gasteiger partial charge in [-0.05, 0) is 39.3 Å². The van der Waals surface area contributed by atoms with Gasteiger partial charge in [0.25, 0.3) is 0 Å². The molecule has 106 valence electrons. The maximum absolute atomic E-state index is 11.8. The Hall–Kier alpha value is -1.43. The minimum atomic E-state index is 0.143. The Kier molecular flexibility index (Phi) is 4.90. The number of carbonyl (C=O) groups is 1. The predicted molar refractivity (Wildman–Crippen MR) is 72.7 cm³/mol. The van der Waals surface area contributed by atoms with Gasteiger partial charge in [0.1, 0.15) is 12.2 Å². The largest absolute Gasteiger partial charge is 0.356 e. The summed E-state index contributed by atoms with van der Waals surface area (Å²) in [7, 11) is 0. The quantitative estimate of drug-likeness (QED) is 0.786. The Labute approximate surface area is 114 Å². The van der Waals surface area contributed by atoms with Crippen LogP contribution in [0.25, 0.3) is 0 Å². The van der Waals surface area contributed by atoms with Crippen molar-refractivity contribution in [3.8, 4) is 0 Å². The molecule has 0 bridgehead atoms. The van der Waals surface area contributed by atoms with Gasteiger partial charge in [-0.2, -0.15) is 0 Å². The molecule has 0 spiro atoms. The summed E-state index contributed by atoms with van der Waals surface area (Å²) in [5, 5.41) is 14.2. The maximum Gasteiger partial charge on any atom is 0.220 e. The van der Waals surface area contributed by atoms with E-state index in [9.17, 15) is 4.79 Å². The van der Waals surface area contributed by atoms with E-state index in [0.717, 1.165) is 31.8 Å². The van der Waals surface area contributed by atoms with Gasteiger partial charge in [0.05, 0.1) is 0 Å². The summed E-state index contributed by atoms with van der Waals surface area (Å²) < 4.78 is 2.03. The molecule has 6 nitrogen and oxygen atoms in total. The van der Waals surface area contributed by atoms with Crippen LogP contribution in [0, 0.1) is 5.92 Å². The first-order valence-corrected chi connectivity index (χ1v) is 7.02. The first kappa shape index (κ1) is 14.0. The number of rotatable bonds is 6. The van der Waals surface area contributed by atoms with Crippen LogP contribution in [0.4, 0.5) is 0 Å². The molecule has 1 aromatic rings. The second-order valence-corrected chi connectivity index (χ2v) is 5.41. The van der Waals surface area contributed by atoms with E-state index >= 15 is 0 Å². The first-order chi connectivity index (χ1) is 9.16. The molecule has 2 N–H and O–H groups in total. The van der Waals surface area contributed by atoms with E-state index in [1.54, 1.807) is 6.33 Å². The van der Waals surface area contributed by atoms with Crippen LogP contribution in [0.1, 0.15) is 38.6 Å². The highest BCUT2D eigenvalue weighted by Gasteiger charge is 2.17. The molecular weight excluding hydrogens is 242 g/mol. The Morgan fingerprint density at radius 3 is 3.16 bits per heavy atom. The summed E-state index contributed by atoms with van der Waals surface area (Å²) >= 11 is 0. The second kappa shape index (κ2) is 6.65. The number of carbonyl (C=O) groups excluding carboxylic acids is 1. The lowest BCUT2D eigenvalue weighted by molar-refractivity contribution is -0.121. The van der Waals surface area contributed by atoms with Crippen LogP contribution in [0.2, 0.25) is 0 Å². The average molecular weight is 265 g/mol. The highest BCUT2D eigenvalue weighted by Crippen LogP contribution is 2.11. The van der Waals surface area contributed by atoms with Gasteiger partial charge in [0.2, 0.25) is 5.91 Å². The molecule has 1 fully saturated rings. The zero-order valence-corrected chi connectivity index (χ0v) is 11.7. The molecule has 1 amide bonds. The molecule has 1 aromatic heterocycles. The van der Waals surface area contributed by atoms with Crippen LogP contribution in [0.15, 0.2) is 6.33 Å². The van der Waals surface area contributed by atoms with E-state index < -0.39 is 0 Å². The lowest BCUT2D eigenvalue weighted by atomic mass is 10.0. The molecule has 0 saturated carbocycles. The standard InChI is InChI=1S/C13H23N5O/c1-10(2)18-9-16-17-12(18)4-6-15-13(19)7-11-3-5-14-8-11/h9-11,14H,3-8H2,1-2H3,(H,15,19). The number of amides is 1. The van der Waals surface area contributed by atoms with Crippen LogP contribution in [-0.4, -0.2) is 40.3 Å². The number of nitrogens with one attached hydrogen (secondary N) is 2. The molecule has 1 aliphatic heterocycles. The van der Waals surface area contributed by atoms with Gasteiger partial charge >= 0.3 is 0 Å². The number of aromatic nitrogens is 3. The van der Waals surface area contributed by atoms with Crippen molar-refractivity contribution < 1.29 is 4.79 Å². The first-order valence-electron chi connectivity index (χ1n) is 7.02. The van der Waals surface area contributed by atoms with Gasteiger partial charge in [-0.3, -0.25) is 4.79 Å². The summed E-state index contributed by atoms with van der Waals surface area (Å²) in [5.41, 5.74) is 0. The molecule has 0 aromatic carbocycles. The molecule has 6 heteroatoms. The average Bonchev–Trinajstić information content (AvgIpc) is 2.99. The lowest BCUT2D eigenvalue weighted by Crippen LogP contribution is -2.28. The molecular formula is C13H23N5O. The van der Waals surface area contributed by atoms with Gasteiger partial charge in [0, 0.05) is 25.4 Å². The minimum absolute atomic E-state index is 0.143. The fourth-order valence-corrected chi connectivity index (χ4v) is 2.41. The summed E-state index contributed by atoms with van der Waals surface area (Å²) in [6, 6.07) is 0.352. The van der Waals surface area contributed by atoms with Crippen LogP contribution >= 0.6 is 0 Å². The van der Waals surface area contributed by atoms with Gasteiger partial charge in [0.15, 0.2) is 0 Å². The molecule has 1 unspecified atom stereocenters. The monoisotopic (exact) mass is 265 g/mol. The third-order valence-electron chi connectivity index (χ3n) is 3.51. The normalized spacial score (nSPS) is 19.0. The Morgan fingerprint density at radius 1 is 1.63 bits per heavy atom. The third kappa shape index (κ3) is 4.02. The topological polar surface area (TPSA) is 71.8 Å². The fourth-order valence-electron chi connectivity index (χ4n) is 2.41. The van der Waals surface area contributed by atoms with E-state index in [-0.39, 0.29) is 5.91 Å². The molecule has 19 heavy (non-hydrogen) atoms. The predicted octanol–water partition coefficient (Wildman–Crippen LogP) is 0.517. The van der Waals surface area contributed by atoms with Crippen LogP contribution in [0.5, 0.6) is 0 Å². The molecule has 1 saturated heterocycles. The molecule has 0 radical (unpaired) electrons. The van der Waals surface area contributed by atoms with Gasteiger partial charge in [-0.1, -0.05) is 0 Å². The van der Waals surface area contributed by atoms with Crippen LogP contribution in [-0.2, 0) is 11.2 Å². The van der Waals surface area contributed by atoms with Crippen molar-refractivity contribution in [1.82, 2.24) is 25.4 Å². The van der Waals surface area contributed by atoms with Crippen LogP contribution in [0.3, 0.4) is 0 Å². The zero-order valence-electron chi connectivity index (χ0n) is 11.7. The molecule has 2 heterocycles. The van der Waals surface area contributed by atoms with Crippen molar-refractivity contribution in [2.45, 2.75) is 39.2 Å². The van der Waals surface area contributed by atoms with Crippen molar-refractivity contribution >= 4 is 5.91 Å². The lowest BCUT2D eigenvalue weighted by Gasteiger charge is -2.11. The van der Waals surface area contributed by atoms with Gasteiger partial charge < -0.3 is 15.2 Å². The number of nitrogens with zero attached hydrogens (tertiary/aromatic N) is 3. The molecule has 2 rings (SSSR count). The highest BCUT2D eigenvalue weighted by molar-refractivity contribution is 5.76. The number of hydrogen-bond donors (Lipinski definition) is 2. The van der Waals surface area contributed by atoms with Crippen molar-refractivity contribution in [3.63, 3.8) is 0 Å². The summed E-state index contributed by atoms with van der Waals surface area (Å²) in [4.78, 5) is 11.8. The Balaban J connectivity index is 1.70. The van der Waals surface area contributed by atoms with Crippen molar-refractivity contribution in [3.05, 3.63) is 12.2 Å². The summed E-state index contributed by atoms with van der Waals surface area (Å²) in [6.07, 6.45) is 4.21. The summed E-state index contributed by atoms with van der Waals surface area (Å²) in [5.74, 6) is 1.57. The highest BCUT2D eigenvalue weighted by atomic mass is 16.1. The maximum atomic E-state index is 11.8. The van der Waals surface area contributed by atoms with E-state index in [4.69, 9.17) is 0 Å². The SMILES string of the molecule is CC(C)n1cnnc1CCNC(=O)CC1CCNC1. The van der Waals surface area contributed by atoms with Crippen molar-refractivity contribution in [1.29, 1.82) is 0 Å². The summed E-state index contributed by atoms with van der Waals surface area (Å²) in [6.45, 7) is 6.83. The van der Waals surface area contributed by atoms with Gasteiger partial charge in [-0.25, -0.2) is 0 Å². The van der Waals surface area contributed by atoms with Crippen molar-refractivity contribution in [2.75, 3.05) is 19.6 Å². The molecule has 1 atom stereocenters. The van der Waals surface area contributed by atoms with E-state index in [1.807, 2.05) is 4.57 Å². The Morgan fingerprint density at radius 2 is 2.47 bits per heavy atom. The fraction of sp³-hybridized carbons (Fsp3) is 0.769. The minimum Gasteiger partial charge on any atom is -0.356 e. The zero-order chi connectivity index (χ0) is 13.7. The molecule has 0 aliphatic carbocycles. The smallest absolute Gasteiger partial charge is 0.220 e. The van der Waals surface area contributed by atoms with E-state index in [2.05, 4.69) is 34.7 Å².